The summed E-state index contributed by atoms with van der Waals surface area (Å²) < 4.78 is 10.8. The number of morpholine rings is 1. The lowest BCUT2D eigenvalue weighted by Crippen LogP contribution is -2.35. The zero-order chi connectivity index (χ0) is 26.9. The Hall–Kier alpha value is -3.79. The minimum Gasteiger partial charge on any atom is -0.497 e. The van der Waals surface area contributed by atoms with Crippen molar-refractivity contribution in [3.8, 4) is 10.6 Å². The van der Waals surface area contributed by atoms with Gasteiger partial charge in [-0.25, -0.2) is 9.97 Å². The van der Waals surface area contributed by atoms with E-state index < -0.39 is 0 Å². The fraction of sp³-hybridized carbons (Fsp3) is 0.300. The van der Waals surface area contributed by atoms with Gasteiger partial charge in [0.05, 0.1) is 37.3 Å². The van der Waals surface area contributed by atoms with Gasteiger partial charge in [0.15, 0.2) is 0 Å². The zero-order valence-electron chi connectivity index (χ0n) is 22.1. The molecule has 2 N–H and O–H groups in total. The van der Waals surface area contributed by atoms with Gasteiger partial charge in [-0.3, -0.25) is 9.69 Å². The molecule has 2 aromatic heterocycles. The fourth-order valence-corrected chi connectivity index (χ4v) is 5.36. The number of nitrogens with one attached hydrogen (secondary N) is 2. The number of allylic oxidation sites excluding steroid dienone is 4. The molecule has 2 aliphatic rings. The quantitative estimate of drug-likeness (QED) is 0.378. The molecule has 0 atom stereocenters. The van der Waals surface area contributed by atoms with Crippen molar-refractivity contribution in [2.75, 3.05) is 45.3 Å². The smallest absolute Gasteiger partial charge is 0.227 e. The normalized spacial score (nSPS) is 15.7. The summed E-state index contributed by atoms with van der Waals surface area (Å²) in [7, 11) is 1.65. The molecule has 1 amide bonds. The Morgan fingerprint density at radius 1 is 1.13 bits per heavy atom. The van der Waals surface area contributed by atoms with Crippen LogP contribution in [-0.4, -0.2) is 60.7 Å². The summed E-state index contributed by atoms with van der Waals surface area (Å²) in [5, 5.41) is 6.33. The van der Waals surface area contributed by atoms with Crippen molar-refractivity contribution < 1.29 is 14.3 Å². The number of hydrogen-bond donors (Lipinski definition) is 2. The molecule has 8 nitrogen and oxygen atoms in total. The number of thiophene rings is 1. The van der Waals surface area contributed by atoms with Gasteiger partial charge in [0.2, 0.25) is 11.9 Å². The molecular weight excluding hydrogens is 510 g/mol. The lowest BCUT2D eigenvalue weighted by atomic mass is 10.1. The van der Waals surface area contributed by atoms with Gasteiger partial charge >= 0.3 is 0 Å². The van der Waals surface area contributed by atoms with Gasteiger partial charge in [0, 0.05) is 42.9 Å². The largest absolute Gasteiger partial charge is 0.497 e. The zero-order valence-corrected chi connectivity index (χ0v) is 22.9. The van der Waals surface area contributed by atoms with Crippen molar-refractivity contribution in [1.82, 2.24) is 20.2 Å². The van der Waals surface area contributed by atoms with Gasteiger partial charge in [0.25, 0.3) is 0 Å². The van der Waals surface area contributed by atoms with E-state index >= 15 is 0 Å². The van der Waals surface area contributed by atoms with Crippen LogP contribution in [0.5, 0.6) is 0 Å². The van der Waals surface area contributed by atoms with Gasteiger partial charge in [-0.1, -0.05) is 24.3 Å². The van der Waals surface area contributed by atoms with E-state index in [2.05, 4.69) is 50.9 Å². The van der Waals surface area contributed by atoms with Gasteiger partial charge in [0.1, 0.15) is 5.76 Å². The SMILES string of the molecule is COC1=CC=CCC(CNC(=O)Cc2ccc(-c3ccnc(Nc4ccc(CN5CCOCC5)cc4)n3)s2)=C1. The first-order valence-electron chi connectivity index (χ1n) is 13.1. The minimum atomic E-state index is -0.0115. The van der Waals surface area contributed by atoms with Gasteiger partial charge in [-0.15, -0.1) is 11.3 Å². The second kappa shape index (κ2) is 13.3. The van der Waals surface area contributed by atoms with Crippen LogP contribution in [-0.2, 0) is 27.2 Å². The van der Waals surface area contributed by atoms with Crippen molar-refractivity contribution in [1.29, 1.82) is 0 Å². The summed E-state index contributed by atoms with van der Waals surface area (Å²) in [4.78, 5) is 26.1. The molecule has 1 saturated heterocycles. The molecule has 0 spiro atoms. The molecule has 0 unspecified atom stereocenters. The van der Waals surface area contributed by atoms with E-state index in [1.54, 1.807) is 24.6 Å². The number of ether oxygens (including phenoxy) is 2. The van der Waals surface area contributed by atoms with Crippen LogP contribution in [0.3, 0.4) is 0 Å². The molecule has 3 heterocycles. The molecule has 1 fully saturated rings. The number of carbonyl (C=O) groups is 1. The van der Waals surface area contributed by atoms with Gasteiger partial charge in [-0.05, 0) is 60.0 Å². The van der Waals surface area contributed by atoms with Gasteiger partial charge in [-0.2, -0.15) is 0 Å². The second-order valence-electron chi connectivity index (χ2n) is 9.40. The van der Waals surface area contributed by atoms with Crippen LogP contribution in [0.15, 0.2) is 84.3 Å². The Kier molecular flexibility index (Phi) is 9.16. The molecule has 1 aliphatic heterocycles. The molecular formula is C30H33N5O3S. The van der Waals surface area contributed by atoms with Crippen LogP contribution in [0.1, 0.15) is 16.9 Å². The summed E-state index contributed by atoms with van der Waals surface area (Å²) in [6, 6.07) is 14.3. The minimum absolute atomic E-state index is 0.0115. The molecule has 0 saturated carbocycles. The number of anilines is 2. The van der Waals surface area contributed by atoms with E-state index in [0.29, 0.717) is 18.9 Å². The molecule has 202 valence electrons. The van der Waals surface area contributed by atoms with Crippen LogP contribution in [0.25, 0.3) is 10.6 Å². The highest BCUT2D eigenvalue weighted by Gasteiger charge is 2.12. The second-order valence-corrected chi connectivity index (χ2v) is 10.6. The Labute approximate surface area is 233 Å². The molecule has 5 rings (SSSR count). The summed E-state index contributed by atoms with van der Waals surface area (Å²) in [5.41, 5.74) is 4.13. The molecule has 39 heavy (non-hydrogen) atoms. The molecule has 9 heteroatoms. The Morgan fingerprint density at radius 3 is 2.79 bits per heavy atom. The van der Waals surface area contributed by atoms with Gasteiger partial charge < -0.3 is 20.1 Å². The van der Waals surface area contributed by atoms with Crippen LogP contribution in [0, 0.1) is 0 Å². The Balaban J connectivity index is 1.14. The standard InChI is InChI=1S/C30H33N5O3S/c1-37-25-5-3-2-4-23(18-25)20-32-29(36)19-26-10-11-28(39-26)27-12-13-31-30(34-27)33-24-8-6-22(7-9-24)21-35-14-16-38-17-15-35/h2-3,5-13,18H,4,14-17,19-21H2,1H3,(H,32,36)(H,31,33,34). The van der Waals surface area contributed by atoms with Crippen molar-refractivity contribution in [2.45, 2.75) is 19.4 Å². The molecule has 3 aromatic rings. The predicted molar refractivity (Wildman–Crippen MR) is 155 cm³/mol. The van der Waals surface area contributed by atoms with E-state index in [1.807, 2.05) is 36.4 Å². The van der Waals surface area contributed by atoms with Crippen LogP contribution in [0.2, 0.25) is 0 Å². The van der Waals surface area contributed by atoms with E-state index in [0.717, 1.165) is 71.7 Å². The number of amides is 1. The van der Waals surface area contributed by atoms with Crippen LogP contribution in [0.4, 0.5) is 11.6 Å². The fourth-order valence-electron chi connectivity index (χ4n) is 4.38. The third-order valence-electron chi connectivity index (χ3n) is 6.50. The predicted octanol–water partition coefficient (Wildman–Crippen LogP) is 4.86. The maximum Gasteiger partial charge on any atom is 0.227 e. The lowest BCUT2D eigenvalue weighted by Gasteiger charge is -2.26. The summed E-state index contributed by atoms with van der Waals surface area (Å²) in [5.74, 6) is 1.31. The van der Waals surface area contributed by atoms with Crippen LogP contribution >= 0.6 is 11.3 Å². The third kappa shape index (κ3) is 7.86. The third-order valence-corrected chi connectivity index (χ3v) is 7.60. The van der Waals surface area contributed by atoms with Crippen molar-refractivity contribution in [2.24, 2.45) is 0 Å². The number of rotatable bonds is 10. The van der Waals surface area contributed by atoms with Crippen LogP contribution < -0.4 is 10.6 Å². The number of benzene rings is 1. The summed E-state index contributed by atoms with van der Waals surface area (Å²) in [6.45, 7) is 4.97. The first kappa shape index (κ1) is 26.8. The maximum absolute atomic E-state index is 12.6. The van der Waals surface area contributed by atoms with Crippen molar-refractivity contribution in [3.05, 3.63) is 94.7 Å². The monoisotopic (exact) mass is 543 g/mol. The summed E-state index contributed by atoms with van der Waals surface area (Å²) >= 11 is 1.57. The van der Waals surface area contributed by atoms with Crippen molar-refractivity contribution >= 4 is 28.9 Å². The number of carbonyl (C=O) groups excluding carboxylic acids is 1. The first-order chi connectivity index (χ1) is 19.1. The summed E-state index contributed by atoms with van der Waals surface area (Å²) in [6.07, 6.45) is 10.8. The molecule has 0 radical (unpaired) electrons. The molecule has 1 aromatic carbocycles. The van der Waals surface area contributed by atoms with E-state index in [1.165, 1.54) is 5.56 Å². The Morgan fingerprint density at radius 2 is 1.97 bits per heavy atom. The highest BCUT2D eigenvalue weighted by atomic mass is 32.1. The number of aromatic nitrogens is 2. The molecule has 1 aliphatic carbocycles. The number of methoxy groups -OCH3 is 1. The molecule has 0 bridgehead atoms. The highest BCUT2D eigenvalue weighted by Crippen LogP contribution is 2.28. The van der Waals surface area contributed by atoms with Crippen molar-refractivity contribution in [3.63, 3.8) is 0 Å². The Bertz CT molecular complexity index is 1360. The first-order valence-corrected chi connectivity index (χ1v) is 13.9. The van der Waals surface area contributed by atoms with E-state index in [-0.39, 0.29) is 5.91 Å². The topological polar surface area (TPSA) is 88.6 Å². The maximum atomic E-state index is 12.6. The average molecular weight is 544 g/mol. The number of nitrogens with zero attached hydrogens (tertiary/aromatic N) is 3. The van der Waals surface area contributed by atoms with E-state index in [4.69, 9.17) is 14.5 Å². The highest BCUT2D eigenvalue weighted by molar-refractivity contribution is 7.15. The lowest BCUT2D eigenvalue weighted by molar-refractivity contribution is -0.120. The van der Waals surface area contributed by atoms with E-state index in [9.17, 15) is 4.79 Å². The average Bonchev–Trinajstić information content (AvgIpc) is 3.30. The number of hydrogen-bond acceptors (Lipinski definition) is 8.